The highest BCUT2D eigenvalue weighted by Crippen LogP contribution is 2.25. The maximum Gasteiger partial charge on any atom is 0.251 e. The molecule has 0 aliphatic carbocycles. The summed E-state index contributed by atoms with van der Waals surface area (Å²) in [6, 6.07) is 15.0. The summed E-state index contributed by atoms with van der Waals surface area (Å²) in [5.74, 6) is 2.18. The molecule has 0 bridgehead atoms. The number of hydrogen-bond donors (Lipinski definition) is 1. The van der Waals surface area contributed by atoms with Gasteiger partial charge >= 0.3 is 0 Å². The van der Waals surface area contributed by atoms with Crippen molar-refractivity contribution in [2.75, 3.05) is 32.2 Å². The van der Waals surface area contributed by atoms with Gasteiger partial charge in [0.25, 0.3) is 5.91 Å². The predicted molar refractivity (Wildman–Crippen MR) is 120 cm³/mol. The van der Waals surface area contributed by atoms with Gasteiger partial charge < -0.3 is 19.7 Å². The molecule has 1 aromatic heterocycles. The molecule has 160 valence electrons. The quantitative estimate of drug-likeness (QED) is 0.631. The number of carbonyl (C=O) groups excluding carboxylic acids is 1. The van der Waals surface area contributed by atoms with Gasteiger partial charge in [-0.05, 0) is 43.2 Å². The van der Waals surface area contributed by atoms with Crippen molar-refractivity contribution in [2.45, 2.75) is 19.4 Å². The molecule has 0 radical (unpaired) electrons. The Morgan fingerprint density at radius 1 is 1.03 bits per heavy atom. The second-order valence-electron chi connectivity index (χ2n) is 7.40. The van der Waals surface area contributed by atoms with Crippen LogP contribution in [0.3, 0.4) is 0 Å². The van der Waals surface area contributed by atoms with Crippen LogP contribution in [0.2, 0.25) is 0 Å². The fourth-order valence-corrected chi connectivity index (χ4v) is 3.74. The number of nitrogens with zero attached hydrogens (tertiary/aromatic N) is 3. The molecule has 0 unspecified atom stereocenters. The Labute approximate surface area is 182 Å². The van der Waals surface area contributed by atoms with E-state index in [1.165, 1.54) is 12.8 Å². The minimum atomic E-state index is -0.166. The van der Waals surface area contributed by atoms with Crippen molar-refractivity contribution >= 4 is 11.7 Å². The lowest BCUT2D eigenvalue weighted by Gasteiger charge is -2.16. The summed E-state index contributed by atoms with van der Waals surface area (Å²) in [4.78, 5) is 23.9. The minimum absolute atomic E-state index is 0.166. The van der Waals surface area contributed by atoms with Crippen molar-refractivity contribution < 1.29 is 14.3 Å². The average molecular weight is 418 g/mol. The standard InChI is InChI=1S/C24H26N4O3/c1-30-20-8-9-22(31-2)19(13-20)15-25-24(29)18-7-5-6-17(12-18)21-14-23(27-16-26-21)28-10-3-4-11-28/h5-9,12-14,16H,3-4,10-11,15H2,1-2H3,(H,25,29). The van der Waals surface area contributed by atoms with Crippen LogP contribution in [0.5, 0.6) is 11.5 Å². The third-order valence-electron chi connectivity index (χ3n) is 5.43. The van der Waals surface area contributed by atoms with Gasteiger partial charge in [0.05, 0.1) is 19.9 Å². The average Bonchev–Trinajstić information content (AvgIpc) is 3.37. The number of ether oxygens (including phenoxy) is 2. The van der Waals surface area contributed by atoms with Crippen LogP contribution >= 0.6 is 0 Å². The highest BCUT2D eigenvalue weighted by molar-refractivity contribution is 5.95. The number of amides is 1. The Morgan fingerprint density at radius 2 is 1.87 bits per heavy atom. The number of benzene rings is 2. The van der Waals surface area contributed by atoms with Crippen LogP contribution < -0.4 is 19.7 Å². The number of rotatable bonds is 7. The maximum absolute atomic E-state index is 12.8. The Bertz CT molecular complexity index is 1060. The van der Waals surface area contributed by atoms with Crippen molar-refractivity contribution in [2.24, 2.45) is 0 Å². The zero-order valence-electron chi connectivity index (χ0n) is 17.8. The molecule has 0 spiro atoms. The van der Waals surface area contributed by atoms with Crippen LogP contribution in [-0.2, 0) is 6.54 Å². The highest BCUT2D eigenvalue weighted by Gasteiger charge is 2.15. The van der Waals surface area contributed by atoms with E-state index in [0.717, 1.165) is 35.7 Å². The number of carbonyl (C=O) groups is 1. The van der Waals surface area contributed by atoms with Gasteiger partial charge in [0.1, 0.15) is 23.6 Å². The van der Waals surface area contributed by atoms with Crippen LogP contribution in [-0.4, -0.2) is 43.2 Å². The van der Waals surface area contributed by atoms with E-state index in [-0.39, 0.29) is 5.91 Å². The van der Waals surface area contributed by atoms with E-state index >= 15 is 0 Å². The number of aromatic nitrogens is 2. The molecule has 3 aromatic rings. The van der Waals surface area contributed by atoms with Crippen LogP contribution in [0.15, 0.2) is 54.9 Å². The molecule has 1 saturated heterocycles. The van der Waals surface area contributed by atoms with Crippen LogP contribution in [0.25, 0.3) is 11.3 Å². The number of nitrogens with one attached hydrogen (secondary N) is 1. The first-order valence-corrected chi connectivity index (χ1v) is 10.3. The molecule has 1 fully saturated rings. The first-order chi connectivity index (χ1) is 15.2. The molecule has 31 heavy (non-hydrogen) atoms. The third-order valence-corrected chi connectivity index (χ3v) is 5.43. The van der Waals surface area contributed by atoms with Crippen molar-refractivity contribution in [3.05, 3.63) is 66.0 Å². The lowest BCUT2D eigenvalue weighted by Crippen LogP contribution is -2.23. The zero-order chi connectivity index (χ0) is 21.6. The highest BCUT2D eigenvalue weighted by atomic mass is 16.5. The zero-order valence-corrected chi connectivity index (χ0v) is 17.8. The molecule has 7 nitrogen and oxygen atoms in total. The summed E-state index contributed by atoms with van der Waals surface area (Å²) >= 11 is 0. The molecule has 0 atom stereocenters. The van der Waals surface area contributed by atoms with Gasteiger partial charge in [-0.2, -0.15) is 0 Å². The van der Waals surface area contributed by atoms with Gasteiger partial charge in [-0.15, -0.1) is 0 Å². The van der Waals surface area contributed by atoms with Crippen molar-refractivity contribution in [3.8, 4) is 22.8 Å². The van der Waals surface area contributed by atoms with Gasteiger partial charge in [0.15, 0.2) is 0 Å². The van der Waals surface area contributed by atoms with Crippen molar-refractivity contribution in [1.29, 1.82) is 0 Å². The van der Waals surface area contributed by atoms with E-state index in [1.807, 2.05) is 42.5 Å². The molecule has 0 saturated carbocycles. The number of methoxy groups -OCH3 is 2. The third kappa shape index (κ3) is 4.77. The molecular weight excluding hydrogens is 392 g/mol. The summed E-state index contributed by atoms with van der Waals surface area (Å²) in [7, 11) is 3.21. The Kier molecular flexibility index (Phi) is 6.31. The topological polar surface area (TPSA) is 76.6 Å². The molecule has 1 aliphatic rings. The lowest BCUT2D eigenvalue weighted by molar-refractivity contribution is 0.0950. The van der Waals surface area contributed by atoms with E-state index < -0.39 is 0 Å². The van der Waals surface area contributed by atoms with Gasteiger partial charge in [-0.25, -0.2) is 9.97 Å². The molecule has 4 rings (SSSR count). The van der Waals surface area contributed by atoms with E-state index in [2.05, 4.69) is 20.2 Å². The molecule has 2 heterocycles. The molecule has 1 N–H and O–H groups in total. The van der Waals surface area contributed by atoms with E-state index in [9.17, 15) is 4.79 Å². The van der Waals surface area contributed by atoms with Gasteiger partial charge in [-0.3, -0.25) is 4.79 Å². The maximum atomic E-state index is 12.8. The first-order valence-electron chi connectivity index (χ1n) is 10.3. The van der Waals surface area contributed by atoms with Crippen LogP contribution in [0.1, 0.15) is 28.8 Å². The Hall–Kier alpha value is -3.61. The normalized spacial score (nSPS) is 13.2. The van der Waals surface area contributed by atoms with Gasteiger partial charge in [0, 0.05) is 42.4 Å². The van der Waals surface area contributed by atoms with Crippen molar-refractivity contribution in [3.63, 3.8) is 0 Å². The summed E-state index contributed by atoms with van der Waals surface area (Å²) in [5, 5.41) is 2.96. The van der Waals surface area contributed by atoms with Crippen LogP contribution in [0, 0.1) is 0 Å². The van der Waals surface area contributed by atoms with E-state index in [4.69, 9.17) is 9.47 Å². The predicted octanol–water partition coefficient (Wildman–Crippen LogP) is 3.69. The summed E-state index contributed by atoms with van der Waals surface area (Å²) in [5.41, 5.74) is 3.11. The Balaban J connectivity index is 1.50. The van der Waals surface area contributed by atoms with E-state index in [1.54, 1.807) is 26.6 Å². The van der Waals surface area contributed by atoms with Crippen LogP contribution in [0.4, 0.5) is 5.82 Å². The molecule has 7 heteroatoms. The second-order valence-corrected chi connectivity index (χ2v) is 7.40. The molecule has 1 amide bonds. The van der Waals surface area contributed by atoms with Gasteiger partial charge in [0.2, 0.25) is 0 Å². The smallest absolute Gasteiger partial charge is 0.251 e. The first kappa shape index (κ1) is 20.7. The fourth-order valence-electron chi connectivity index (χ4n) is 3.74. The summed E-state index contributed by atoms with van der Waals surface area (Å²) < 4.78 is 10.7. The summed E-state index contributed by atoms with van der Waals surface area (Å²) in [6.07, 6.45) is 3.96. The van der Waals surface area contributed by atoms with E-state index in [0.29, 0.717) is 23.6 Å². The lowest BCUT2D eigenvalue weighted by atomic mass is 10.1. The SMILES string of the molecule is COc1ccc(OC)c(CNC(=O)c2cccc(-c3cc(N4CCCC4)ncn3)c2)c1. The summed E-state index contributed by atoms with van der Waals surface area (Å²) in [6.45, 7) is 2.37. The Morgan fingerprint density at radius 3 is 2.65 bits per heavy atom. The molecule has 2 aromatic carbocycles. The molecule has 1 aliphatic heterocycles. The minimum Gasteiger partial charge on any atom is -0.497 e. The number of hydrogen-bond acceptors (Lipinski definition) is 6. The van der Waals surface area contributed by atoms with Crippen molar-refractivity contribution in [1.82, 2.24) is 15.3 Å². The fraction of sp³-hybridized carbons (Fsp3) is 0.292. The number of anilines is 1. The monoisotopic (exact) mass is 418 g/mol. The largest absolute Gasteiger partial charge is 0.497 e. The molecular formula is C24H26N4O3. The second kappa shape index (κ2) is 9.47. The van der Waals surface area contributed by atoms with Gasteiger partial charge in [-0.1, -0.05) is 12.1 Å².